The van der Waals surface area contributed by atoms with E-state index in [9.17, 15) is 0 Å². The topological polar surface area (TPSA) is 9.23 Å². The monoisotopic (exact) mass is 226 g/mol. The van der Waals surface area contributed by atoms with Gasteiger partial charge in [0.15, 0.2) is 0 Å². The lowest BCUT2D eigenvalue weighted by Crippen LogP contribution is -2.49. The van der Waals surface area contributed by atoms with Gasteiger partial charge in [0, 0.05) is 0 Å². The molecule has 5 unspecified atom stereocenters. The van der Waals surface area contributed by atoms with Crippen LogP contribution in [0, 0.1) is 29.6 Å². The van der Waals surface area contributed by atoms with Gasteiger partial charge in [-0.25, -0.2) is 0 Å². The van der Waals surface area contributed by atoms with E-state index in [2.05, 4.69) is 48.5 Å². The first-order valence-corrected chi connectivity index (χ1v) is 7.05. The minimum Gasteiger partial charge on any atom is -0.374 e. The number of hydrogen-bond acceptors (Lipinski definition) is 1. The summed E-state index contributed by atoms with van der Waals surface area (Å²) in [6, 6.07) is 0. The number of hydrogen-bond donors (Lipinski definition) is 0. The second-order valence-corrected chi connectivity index (χ2v) is 6.33. The molecule has 0 spiro atoms. The van der Waals surface area contributed by atoms with E-state index in [1.165, 1.54) is 0 Å². The minimum absolute atomic E-state index is 0.452. The third-order valence-electron chi connectivity index (χ3n) is 4.48. The van der Waals surface area contributed by atoms with E-state index in [4.69, 9.17) is 4.74 Å². The van der Waals surface area contributed by atoms with Crippen molar-refractivity contribution < 1.29 is 4.74 Å². The first kappa shape index (κ1) is 14.0. The van der Waals surface area contributed by atoms with Crippen molar-refractivity contribution in [2.24, 2.45) is 29.6 Å². The average Bonchev–Trinajstić information content (AvgIpc) is 2.16. The predicted molar refractivity (Wildman–Crippen MR) is 70.4 cm³/mol. The van der Waals surface area contributed by atoms with E-state index < -0.39 is 0 Å². The first-order chi connectivity index (χ1) is 7.40. The maximum atomic E-state index is 6.30. The molecule has 1 fully saturated rings. The summed E-state index contributed by atoms with van der Waals surface area (Å²) in [4.78, 5) is 0. The summed E-state index contributed by atoms with van der Waals surface area (Å²) in [5.74, 6) is 3.61. The molecule has 0 aromatic heterocycles. The molecule has 16 heavy (non-hydrogen) atoms. The van der Waals surface area contributed by atoms with Crippen LogP contribution in [-0.2, 0) is 4.74 Å². The van der Waals surface area contributed by atoms with Crippen molar-refractivity contribution in [1.82, 2.24) is 0 Å². The molecule has 0 aliphatic carbocycles. The summed E-state index contributed by atoms with van der Waals surface area (Å²) in [5.41, 5.74) is 0. The lowest BCUT2D eigenvalue weighted by Gasteiger charge is -2.48. The van der Waals surface area contributed by atoms with Crippen molar-refractivity contribution in [2.75, 3.05) is 0 Å². The van der Waals surface area contributed by atoms with Crippen molar-refractivity contribution in [3.05, 3.63) is 0 Å². The van der Waals surface area contributed by atoms with Crippen molar-refractivity contribution >= 4 is 0 Å². The van der Waals surface area contributed by atoms with Crippen LogP contribution in [0.4, 0.5) is 0 Å². The molecule has 5 atom stereocenters. The molecule has 0 amide bonds. The van der Waals surface area contributed by atoms with Crippen LogP contribution in [0.1, 0.15) is 54.9 Å². The highest BCUT2D eigenvalue weighted by Crippen LogP contribution is 2.42. The summed E-state index contributed by atoms with van der Waals surface area (Å²) in [7, 11) is 0. The van der Waals surface area contributed by atoms with Gasteiger partial charge in [-0.1, -0.05) is 48.5 Å². The number of rotatable bonds is 3. The standard InChI is InChI=1S/C15H30O/c1-8-13-11(6)14(9(2)3)12(7)15(16-13)10(4)5/h9-15H,8H2,1-7H3. The van der Waals surface area contributed by atoms with Gasteiger partial charge in [-0.3, -0.25) is 0 Å². The van der Waals surface area contributed by atoms with Crippen molar-refractivity contribution in [3.8, 4) is 0 Å². The molecule has 0 saturated carbocycles. The van der Waals surface area contributed by atoms with Gasteiger partial charge in [-0.2, -0.15) is 0 Å². The molecular formula is C15H30O. The van der Waals surface area contributed by atoms with E-state index in [-0.39, 0.29) is 0 Å². The van der Waals surface area contributed by atoms with Crippen molar-refractivity contribution in [3.63, 3.8) is 0 Å². The Balaban J connectivity index is 2.88. The molecule has 0 N–H and O–H groups in total. The highest BCUT2D eigenvalue weighted by Gasteiger charge is 2.42. The Hall–Kier alpha value is -0.0400. The Kier molecular flexibility index (Phi) is 4.85. The third kappa shape index (κ3) is 2.61. The molecule has 0 radical (unpaired) electrons. The smallest absolute Gasteiger partial charge is 0.0630 e. The first-order valence-electron chi connectivity index (χ1n) is 7.05. The van der Waals surface area contributed by atoms with Gasteiger partial charge in [0.25, 0.3) is 0 Å². The Morgan fingerprint density at radius 1 is 0.938 bits per heavy atom. The highest BCUT2D eigenvalue weighted by molar-refractivity contribution is 4.90. The lowest BCUT2D eigenvalue weighted by atomic mass is 9.68. The van der Waals surface area contributed by atoms with E-state index in [0.717, 1.165) is 18.3 Å². The second-order valence-electron chi connectivity index (χ2n) is 6.33. The fraction of sp³-hybridized carbons (Fsp3) is 1.00. The van der Waals surface area contributed by atoms with Gasteiger partial charge in [0.1, 0.15) is 0 Å². The van der Waals surface area contributed by atoms with Gasteiger partial charge in [0.05, 0.1) is 12.2 Å². The second kappa shape index (κ2) is 5.53. The molecule has 0 bridgehead atoms. The Labute approximate surface area is 102 Å². The quantitative estimate of drug-likeness (QED) is 0.694. The zero-order valence-corrected chi connectivity index (χ0v) is 12.2. The molecule has 0 aromatic rings. The summed E-state index contributed by atoms with van der Waals surface area (Å²) in [5, 5.41) is 0. The van der Waals surface area contributed by atoms with E-state index >= 15 is 0 Å². The van der Waals surface area contributed by atoms with Gasteiger partial charge in [-0.15, -0.1) is 0 Å². The maximum absolute atomic E-state index is 6.30. The van der Waals surface area contributed by atoms with Crippen LogP contribution in [-0.4, -0.2) is 12.2 Å². The van der Waals surface area contributed by atoms with E-state index in [1.807, 2.05) is 0 Å². The molecule has 1 aliphatic heterocycles. The fourth-order valence-corrected chi connectivity index (χ4v) is 3.84. The number of ether oxygens (including phenoxy) is 1. The Morgan fingerprint density at radius 3 is 1.88 bits per heavy atom. The van der Waals surface area contributed by atoms with Gasteiger partial charge >= 0.3 is 0 Å². The van der Waals surface area contributed by atoms with Gasteiger partial charge < -0.3 is 4.74 Å². The Bertz CT molecular complexity index is 209. The molecule has 1 heteroatoms. The molecule has 1 rings (SSSR count). The predicted octanol–water partition coefficient (Wildman–Crippen LogP) is 4.36. The van der Waals surface area contributed by atoms with Crippen molar-refractivity contribution in [1.29, 1.82) is 0 Å². The zero-order chi connectivity index (χ0) is 12.5. The maximum Gasteiger partial charge on any atom is 0.0630 e. The SMILES string of the molecule is CCC1OC(C(C)C)C(C)C(C(C)C)C1C. The third-order valence-corrected chi connectivity index (χ3v) is 4.48. The van der Waals surface area contributed by atoms with Crippen LogP contribution < -0.4 is 0 Å². The van der Waals surface area contributed by atoms with Crippen LogP contribution in [0.2, 0.25) is 0 Å². The highest BCUT2D eigenvalue weighted by atomic mass is 16.5. The van der Waals surface area contributed by atoms with Crippen LogP contribution >= 0.6 is 0 Å². The lowest BCUT2D eigenvalue weighted by molar-refractivity contribution is -0.162. The largest absolute Gasteiger partial charge is 0.374 e. The van der Waals surface area contributed by atoms with Gasteiger partial charge in [-0.05, 0) is 36.0 Å². The molecule has 1 saturated heterocycles. The zero-order valence-electron chi connectivity index (χ0n) is 12.2. The molecule has 96 valence electrons. The summed E-state index contributed by atoms with van der Waals surface area (Å²) in [6.07, 6.45) is 2.07. The summed E-state index contributed by atoms with van der Waals surface area (Å²) in [6.45, 7) is 16.3. The van der Waals surface area contributed by atoms with Crippen LogP contribution in [0.15, 0.2) is 0 Å². The van der Waals surface area contributed by atoms with Crippen LogP contribution in [0.25, 0.3) is 0 Å². The molecular weight excluding hydrogens is 196 g/mol. The average molecular weight is 226 g/mol. The molecule has 1 aliphatic rings. The van der Waals surface area contributed by atoms with Crippen LogP contribution in [0.3, 0.4) is 0 Å². The van der Waals surface area contributed by atoms with E-state index in [1.54, 1.807) is 0 Å². The van der Waals surface area contributed by atoms with E-state index in [0.29, 0.717) is 30.0 Å². The Morgan fingerprint density at radius 2 is 1.50 bits per heavy atom. The van der Waals surface area contributed by atoms with Crippen molar-refractivity contribution in [2.45, 2.75) is 67.1 Å². The normalized spacial score (nSPS) is 40.7. The fourth-order valence-electron chi connectivity index (χ4n) is 3.84. The molecule has 1 heterocycles. The summed E-state index contributed by atoms with van der Waals surface area (Å²) >= 11 is 0. The van der Waals surface area contributed by atoms with Gasteiger partial charge in [0.2, 0.25) is 0 Å². The summed E-state index contributed by atoms with van der Waals surface area (Å²) < 4.78 is 6.30. The minimum atomic E-state index is 0.452. The molecule has 0 aromatic carbocycles. The molecule has 1 nitrogen and oxygen atoms in total. The van der Waals surface area contributed by atoms with Crippen LogP contribution in [0.5, 0.6) is 0 Å².